The van der Waals surface area contributed by atoms with Gasteiger partial charge in [0.1, 0.15) is 6.61 Å². The van der Waals surface area contributed by atoms with Crippen molar-refractivity contribution >= 4 is 6.09 Å². The van der Waals surface area contributed by atoms with Crippen molar-refractivity contribution in [3.63, 3.8) is 0 Å². The first-order valence-corrected chi connectivity index (χ1v) is 6.05. The van der Waals surface area contributed by atoms with Crippen LogP contribution in [0.2, 0.25) is 0 Å². The lowest BCUT2D eigenvalue weighted by Crippen LogP contribution is -2.28. The second-order valence-corrected chi connectivity index (χ2v) is 4.03. The van der Waals surface area contributed by atoms with Crippen LogP contribution >= 0.6 is 0 Å². The Balaban J connectivity index is 3.45. The minimum Gasteiger partial charge on any atom is -0.448 e. The quantitative estimate of drug-likeness (QED) is 0.417. The Bertz CT molecular complexity index is 232. The van der Waals surface area contributed by atoms with Crippen molar-refractivity contribution in [2.45, 2.75) is 32.2 Å². The van der Waals surface area contributed by atoms with Crippen LogP contribution in [0.1, 0.15) is 26.2 Å². The normalized spacial score (nSPS) is 11.9. The van der Waals surface area contributed by atoms with Crippen molar-refractivity contribution in [2.24, 2.45) is 5.73 Å². The SMILES string of the molecule is C=C(C)C(CCCCNC(=O)OCCN)NC. The maximum atomic E-state index is 11.0. The standard InChI is InChI=1S/C12H25N3O2/c1-10(2)11(14-3)6-4-5-8-15-12(16)17-9-7-13/h11,14H,1,4-9,13H2,2-3H3,(H,15,16). The summed E-state index contributed by atoms with van der Waals surface area (Å²) in [5.41, 5.74) is 6.35. The molecule has 0 radical (unpaired) electrons. The minimum atomic E-state index is -0.388. The molecule has 1 amide bonds. The molecular weight excluding hydrogens is 218 g/mol. The molecule has 0 aliphatic carbocycles. The van der Waals surface area contributed by atoms with E-state index in [1.807, 2.05) is 14.0 Å². The number of amides is 1. The van der Waals surface area contributed by atoms with Crippen LogP contribution in [-0.2, 0) is 4.74 Å². The van der Waals surface area contributed by atoms with Gasteiger partial charge in [-0.05, 0) is 33.2 Å². The van der Waals surface area contributed by atoms with Crippen LogP contribution in [-0.4, -0.2) is 38.9 Å². The number of rotatable bonds is 9. The fourth-order valence-electron chi connectivity index (χ4n) is 1.50. The van der Waals surface area contributed by atoms with Crippen LogP contribution in [0.5, 0.6) is 0 Å². The van der Waals surface area contributed by atoms with Crippen LogP contribution in [0.15, 0.2) is 12.2 Å². The van der Waals surface area contributed by atoms with Crippen molar-refractivity contribution in [1.82, 2.24) is 10.6 Å². The lowest BCUT2D eigenvalue weighted by Gasteiger charge is -2.15. The van der Waals surface area contributed by atoms with Gasteiger partial charge < -0.3 is 21.1 Å². The summed E-state index contributed by atoms with van der Waals surface area (Å²) in [5.74, 6) is 0. The highest BCUT2D eigenvalue weighted by atomic mass is 16.5. The maximum absolute atomic E-state index is 11.0. The molecule has 0 aromatic carbocycles. The van der Waals surface area contributed by atoms with Gasteiger partial charge in [0.05, 0.1) is 0 Å². The molecule has 0 saturated heterocycles. The third kappa shape index (κ3) is 8.71. The molecule has 1 atom stereocenters. The van der Waals surface area contributed by atoms with Gasteiger partial charge in [0.15, 0.2) is 0 Å². The Labute approximate surface area is 104 Å². The maximum Gasteiger partial charge on any atom is 0.407 e. The van der Waals surface area contributed by atoms with Crippen molar-refractivity contribution < 1.29 is 9.53 Å². The number of alkyl carbamates (subject to hydrolysis) is 1. The first kappa shape index (κ1) is 15.9. The highest BCUT2D eigenvalue weighted by molar-refractivity contribution is 5.66. The fraction of sp³-hybridized carbons (Fsp3) is 0.750. The van der Waals surface area contributed by atoms with E-state index in [1.165, 1.54) is 0 Å². The first-order valence-electron chi connectivity index (χ1n) is 6.05. The molecule has 0 rings (SSSR count). The van der Waals surface area contributed by atoms with E-state index in [0.717, 1.165) is 24.8 Å². The summed E-state index contributed by atoms with van der Waals surface area (Å²) >= 11 is 0. The minimum absolute atomic E-state index is 0.267. The van der Waals surface area contributed by atoms with E-state index in [0.29, 0.717) is 19.1 Å². The van der Waals surface area contributed by atoms with Crippen LogP contribution in [0, 0.1) is 0 Å². The molecule has 0 heterocycles. The molecule has 0 fully saturated rings. The number of hydrogen-bond donors (Lipinski definition) is 3. The van der Waals surface area contributed by atoms with Crippen molar-refractivity contribution in [3.8, 4) is 0 Å². The molecule has 0 aromatic rings. The highest BCUT2D eigenvalue weighted by Gasteiger charge is 2.05. The molecule has 4 N–H and O–H groups in total. The summed E-state index contributed by atoms with van der Waals surface area (Å²) in [6.45, 7) is 7.20. The predicted octanol–water partition coefficient (Wildman–Crippen LogP) is 1.01. The third-order valence-electron chi connectivity index (χ3n) is 2.48. The molecule has 0 aromatic heterocycles. The van der Waals surface area contributed by atoms with Crippen molar-refractivity contribution in [1.29, 1.82) is 0 Å². The van der Waals surface area contributed by atoms with Crippen LogP contribution in [0.4, 0.5) is 4.79 Å². The van der Waals surface area contributed by atoms with E-state index in [9.17, 15) is 4.79 Å². The van der Waals surface area contributed by atoms with Gasteiger partial charge >= 0.3 is 6.09 Å². The zero-order valence-corrected chi connectivity index (χ0v) is 10.9. The van der Waals surface area contributed by atoms with Gasteiger partial charge in [-0.2, -0.15) is 0 Å². The molecule has 0 bridgehead atoms. The second kappa shape index (κ2) is 10.1. The third-order valence-corrected chi connectivity index (χ3v) is 2.48. The number of unbranched alkanes of at least 4 members (excludes halogenated alkanes) is 1. The molecule has 0 aliphatic rings. The summed E-state index contributed by atoms with van der Waals surface area (Å²) in [5, 5.41) is 5.88. The van der Waals surface area contributed by atoms with Gasteiger partial charge in [-0.25, -0.2) is 4.79 Å². The number of ether oxygens (including phenoxy) is 1. The summed E-state index contributed by atoms with van der Waals surface area (Å²) in [7, 11) is 1.93. The molecule has 0 spiro atoms. The Kier molecular flexibility index (Phi) is 9.47. The van der Waals surface area contributed by atoms with E-state index in [4.69, 9.17) is 10.5 Å². The van der Waals surface area contributed by atoms with Crippen LogP contribution < -0.4 is 16.4 Å². The Morgan fingerprint density at radius 1 is 1.47 bits per heavy atom. The van der Waals surface area contributed by atoms with E-state index in [-0.39, 0.29) is 12.7 Å². The summed E-state index contributed by atoms with van der Waals surface area (Å²) in [6.07, 6.45) is 2.62. The number of carbonyl (C=O) groups excluding carboxylic acids is 1. The lowest BCUT2D eigenvalue weighted by atomic mass is 10.0. The molecular formula is C12H25N3O2. The van der Waals surface area contributed by atoms with Gasteiger partial charge in [-0.3, -0.25) is 0 Å². The summed E-state index contributed by atoms with van der Waals surface area (Å²) < 4.78 is 4.78. The second-order valence-electron chi connectivity index (χ2n) is 4.03. The zero-order valence-electron chi connectivity index (χ0n) is 10.9. The molecule has 0 aliphatic heterocycles. The summed E-state index contributed by atoms with van der Waals surface area (Å²) in [6, 6.07) is 0.360. The molecule has 5 heteroatoms. The fourth-order valence-corrected chi connectivity index (χ4v) is 1.50. The summed E-state index contributed by atoms with van der Waals surface area (Å²) in [4.78, 5) is 11.0. The van der Waals surface area contributed by atoms with Crippen molar-refractivity contribution in [3.05, 3.63) is 12.2 Å². The van der Waals surface area contributed by atoms with E-state index >= 15 is 0 Å². The Hall–Kier alpha value is -1.07. The average Bonchev–Trinajstić information content (AvgIpc) is 2.30. The molecule has 100 valence electrons. The van der Waals surface area contributed by atoms with E-state index in [1.54, 1.807) is 0 Å². The average molecular weight is 243 g/mol. The highest BCUT2D eigenvalue weighted by Crippen LogP contribution is 2.07. The number of nitrogens with one attached hydrogen (secondary N) is 2. The van der Waals surface area contributed by atoms with Gasteiger partial charge in [0, 0.05) is 19.1 Å². The van der Waals surface area contributed by atoms with Crippen LogP contribution in [0.25, 0.3) is 0 Å². The topological polar surface area (TPSA) is 76.4 Å². The Morgan fingerprint density at radius 2 is 2.18 bits per heavy atom. The monoisotopic (exact) mass is 243 g/mol. The molecule has 1 unspecified atom stereocenters. The zero-order chi connectivity index (χ0) is 13.1. The van der Waals surface area contributed by atoms with Crippen molar-refractivity contribution in [2.75, 3.05) is 26.7 Å². The number of likely N-dealkylation sites (N-methyl/N-ethyl adjacent to an activating group) is 1. The van der Waals surface area contributed by atoms with Gasteiger partial charge in [-0.1, -0.05) is 12.2 Å². The Morgan fingerprint density at radius 3 is 2.71 bits per heavy atom. The molecule has 5 nitrogen and oxygen atoms in total. The molecule has 0 saturated carbocycles. The molecule has 17 heavy (non-hydrogen) atoms. The van der Waals surface area contributed by atoms with Gasteiger partial charge in [-0.15, -0.1) is 0 Å². The number of nitrogens with two attached hydrogens (primary N) is 1. The smallest absolute Gasteiger partial charge is 0.407 e. The van der Waals surface area contributed by atoms with E-state index < -0.39 is 0 Å². The predicted molar refractivity (Wildman–Crippen MR) is 69.9 cm³/mol. The van der Waals surface area contributed by atoms with E-state index in [2.05, 4.69) is 17.2 Å². The largest absolute Gasteiger partial charge is 0.448 e. The van der Waals surface area contributed by atoms with Gasteiger partial charge in [0.2, 0.25) is 0 Å². The first-order chi connectivity index (χ1) is 8.11. The number of hydrogen-bond acceptors (Lipinski definition) is 4. The van der Waals surface area contributed by atoms with Gasteiger partial charge in [0.25, 0.3) is 0 Å². The van der Waals surface area contributed by atoms with Crippen LogP contribution in [0.3, 0.4) is 0 Å². The lowest BCUT2D eigenvalue weighted by molar-refractivity contribution is 0.149. The number of carbonyl (C=O) groups is 1.